The van der Waals surface area contributed by atoms with E-state index < -0.39 is 11.1 Å². The van der Waals surface area contributed by atoms with Gasteiger partial charge in [-0.05, 0) is 53.1 Å². The lowest BCUT2D eigenvalue weighted by molar-refractivity contribution is 0.246. The van der Waals surface area contributed by atoms with Crippen molar-refractivity contribution < 1.29 is 4.39 Å². The number of thiophene rings is 1. The van der Waals surface area contributed by atoms with Crippen molar-refractivity contribution in [3.63, 3.8) is 0 Å². The fourth-order valence-electron chi connectivity index (χ4n) is 4.55. The Bertz CT molecular complexity index is 1150. The standard InChI is InChI=1S/C21H21FN4O2S/c22-17-3-1-15(2-4-17)11-26-20(28)19(27)25-14-21(9-18(25)23-26)6-7-24(13-21)10-16-5-8-29-12-16/h1-5,8,12H,6-7,9-11,13-14H2. The number of halogens is 1. The lowest BCUT2D eigenvalue weighted by Gasteiger charge is -2.22. The smallest absolute Gasteiger partial charge is 0.298 e. The summed E-state index contributed by atoms with van der Waals surface area (Å²) in [6, 6.07) is 8.05. The van der Waals surface area contributed by atoms with Gasteiger partial charge >= 0.3 is 11.1 Å². The molecule has 1 fully saturated rings. The van der Waals surface area contributed by atoms with Crippen LogP contribution in [-0.4, -0.2) is 32.3 Å². The molecule has 0 amide bonds. The average molecular weight is 412 g/mol. The minimum atomic E-state index is -0.622. The van der Waals surface area contributed by atoms with E-state index in [0.29, 0.717) is 18.8 Å². The summed E-state index contributed by atoms with van der Waals surface area (Å²) in [6.07, 6.45) is 1.69. The van der Waals surface area contributed by atoms with Gasteiger partial charge in [0, 0.05) is 31.5 Å². The number of hydrogen-bond donors (Lipinski definition) is 0. The summed E-state index contributed by atoms with van der Waals surface area (Å²) in [7, 11) is 0. The third kappa shape index (κ3) is 3.47. The van der Waals surface area contributed by atoms with Gasteiger partial charge in [0.25, 0.3) is 0 Å². The van der Waals surface area contributed by atoms with Crippen LogP contribution in [0, 0.1) is 11.2 Å². The third-order valence-electron chi connectivity index (χ3n) is 5.99. The Labute approximate surface area is 170 Å². The molecule has 0 saturated carbocycles. The first kappa shape index (κ1) is 18.4. The van der Waals surface area contributed by atoms with E-state index in [4.69, 9.17) is 0 Å². The zero-order chi connectivity index (χ0) is 20.0. The van der Waals surface area contributed by atoms with Gasteiger partial charge in [-0.1, -0.05) is 12.1 Å². The normalized spacial score (nSPS) is 21.1. The van der Waals surface area contributed by atoms with E-state index in [-0.39, 0.29) is 17.8 Å². The van der Waals surface area contributed by atoms with E-state index in [1.807, 2.05) is 0 Å². The molecule has 1 unspecified atom stereocenters. The molecule has 0 radical (unpaired) electrons. The maximum absolute atomic E-state index is 13.1. The summed E-state index contributed by atoms with van der Waals surface area (Å²) in [5.74, 6) is 0.340. The Morgan fingerprint density at radius 3 is 2.62 bits per heavy atom. The molecule has 1 aromatic carbocycles. The van der Waals surface area contributed by atoms with Gasteiger partial charge in [-0.2, -0.15) is 16.4 Å². The quantitative estimate of drug-likeness (QED) is 0.616. The highest BCUT2D eigenvalue weighted by Gasteiger charge is 2.44. The van der Waals surface area contributed by atoms with Crippen LogP contribution in [0.5, 0.6) is 0 Å². The second kappa shape index (κ2) is 7.03. The molecule has 0 N–H and O–H groups in total. The van der Waals surface area contributed by atoms with E-state index in [0.717, 1.165) is 31.6 Å². The van der Waals surface area contributed by atoms with Crippen LogP contribution in [-0.2, 0) is 26.1 Å². The zero-order valence-corrected chi connectivity index (χ0v) is 16.7. The van der Waals surface area contributed by atoms with Crippen LogP contribution < -0.4 is 11.1 Å². The van der Waals surface area contributed by atoms with Crippen molar-refractivity contribution in [2.24, 2.45) is 5.41 Å². The number of rotatable bonds is 4. The van der Waals surface area contributed by atoms with E-state index in [2.05, 4.69) is 26.8 Å². The lowest BCUT2D eigenvalue weighted by Crippen LogP contribution is -2.43. The summed E-state index contributed by atoms with van der Waals surface area (Å²) in [5.41, 5.74) is 0.891. The van der Waals surface area contributed by atoms with Crippen molar-refractivity contribution in [2.75, 3.05) is 13.1 Å². The van der Waals surface area contributed by atoms with Crippen LogP contribution in [0.3, 0.4) is 0 Å². The number of fused-ring (bicyclic) bond motifs is 1. The third-order valence-corrected chi connectivity index (χ3v) is 6.72. The van der Waals surface area contributed by atoms with Gasteiger partial charge in [0.05, 0.1) is 6.54 Å². The first-order valence-corrected chi connectivity index (χ1v) is 10.6. The Balaban J connectivity index is 1.38. The van der Waals surface area contributed by atoms with Crippen LogP contribution in [0.15, 0.2) is 50.7 Å². The maximum Gasteiger partial charge on any atom is 0.332 e. The molecule has 1 spiro atoms. The van der Waals surface area contributed by atoms with Crippen LogP contribution in [0.25, 0.3) is 0 Å². The van der Waals surface area contributed by atoms with Crippen molar-refractivity contribution in [1.29, 1.82) is 0 Å². The molecule has 1 saturated heterocycles. The molecule has 0 bridgehead atoms. The van der Waals surface area contributed by atoms with E-state index >= 15 is 0 Å². The van der Waals surface area contributed by atoms with Gasteiger partial charge in [-0.15, -0.1) is 0 Å². The van der Waals surface area contributed by atoms with Gasteiger partial charge in [0.2, 0.25) is 0 Å². The minimum Gasteiger partial charge on any atom is -0.298 e. The van der Waals surface area contributed by atoms with Gasteiger partial charge < -0.3 is 0 Å². The van der Waals surface area contributed by atoms with Crippen molar-refractivity contribution in [3.05, 3.63) is 84.6 Å². The van der Waals surface area contributed by atoms with Gasteiger partial charge in [-0.3, -0.25) is 19.1 Å². The molecule has 3 aromatic rings. The van der Waals surface area contributed by atoms with Crippen LogP contribution in [0.2, 0.25) is 0 Å². The molecule has 8 heteroatoms. The zero-order valence-electron chi connectivity index (χ0n) is 15.9. The Morgan fingerprint density at radius 1 is 1.03 bits per heavy atom. The Kier molecular flexibility index (Phi) is 4.48. The SMILES string of the molecule is O=c1c(=O)n2c(nn1Cc1ccc(F)cc1)CC1(CCN(Cc3ccsc3)C1)C2. The predicted octanol–water partition coefficient (Wildman–Crippen LogP) is 2.10. The molecule has 4 heterocycles. The highest BCUT2D eigenvalue weighted by atomic mass is 32.1. The van der Waals surface area contributed by atoms with Crippen LogP contribution >= 0.6 is 11.3 Å². The van der Waals surface area contributed by atoms with Gasteiger partial charge in [0.1, 0.15) is 11.6 Å². The highest BCUT2D eigenvalue weighted by Crippen LogP contribution is 2.39. The molecular formula is C21H21FN4O2S. The van der Waals surface area contributed by atoms with E-state index in [1.54, 1.807) is 28.0 Å². The van der Waals surface area contributed by atoms with Crippen LogP contribution in [0.4, 0.5) is 4.39 Å². The fourth-order valence-corrected chi connectivity index (χ4v) is 5.21. The van der Waals surface area contributed by atoms with Gasteiger partial charge in [0.15, 0.2) is 0 Å². The number of likely N-dealkylation sites (tertiary alicyclic amines) is 1. The summed E-state index contributed by atoms with van der Waals surface area (Å²) in [6.45, 7) is 3.53. The van der Waals surface area contributed by atoms with Gasteiger partial charge in [-0.25, -0.2) is 9.07 Å². The summed E-state index contributed by atoms with van der Waals surface area (Å²) in [5, 5.41) is 8.77. The molecule has 6 nitrogen and oxygen atoms in total. The second-order valence-corrected chi connectivity index (χ2v) is 8.95. The summed E-state index contributed by atoms with van der Waals surface area (Å²) in [4.78, 5) is 27.7. The molecule has 2 aliphatic rings. The first-order chi connectivity index (χ1) is 14.0. The predicted molar refractivity (Wildman–Crippen MR) is 109 cm³/mol. The maximum atomic E-state index is 13.1. The minimum absolute atomic E-state index is 0.0311. The molecule has 2 aliphatic heterocycles. The number of benzene rings is 1. The van der Waals surface area contributed by atoms with Crippen molar-refractivity contribution in [3.8, 4) is 0 Å². The van der Waals surface area contributed by atoms with Crippen molar-refractivity contribution >= 4 is 11.3 Å². The summed E-state index contributed by atoms with van der Waals surface area (Å²) < 4.78 is 15.9. The molecule has 0 aliphatic carbocycles. The summed E-state index contributed by atoms with van der Waals surface area (Å²) >= 11 is 1.70. The number of aromatic nitrogens is 3. The van der Waals surface area contributed by atoms with E-state index in [9.17, 15) is 14.0 Å². The molecule has 29 heavy (non-hydrogen) atoms. The lowest BCUT2D eigenvalue weighted by atomic mass is 9.86. The van der Waals surface area contributed by atoms with Crippen molar-refractivity contribution in [2.45, 2.75) is 32.5 Å². The van der Waals surface area contributed by atoms with Crippen molar-refractivity contribution in [1.82, 2.24) is 19.2 Å². The number of hydrogen-bond acceptors (Lipinski definition) is 5. The largest absolute Gasteiger partial charge is 0.332 e. The number of nitrogens with zero attached hydrogens (tertiary/aromatic N) is 4. The topological polar surface area (TPSA) is 60.1 Å². The Morgan fingerprint density at radius 2 is 1.86 bits per heavy atom. The molecule has 1 atom stereocenters. The van der Waals surface area contributed by atoms with E-state index in [1.165, 1.54) is 22.4 Å². The molecule has 5 rings (SSSR count). The highest BCUT2D eigenvalue weighted by molar-refractivity contribution is 7.07. The monoisotopic (exact) mass is 412 g/mol. The second-order valence-electron chi connectivity index (χ2n) is 8.17. The fraction of sp³-hybridized carbons (Fsp3) is 0.381. The molecule has 2 aromatic heterocycles. The molecular weight excluding hydrogens is 391 g/mol. The Hall–Kier alpha value is -2.58. The average Bonchev–Trinajstić information content (AvgIpc) is 3.43. The molecule has 150 valence electrons. The van der Waals surface area contributed by atoms with Crippen LogP contribution in [0.1, 0.15) is 23.4 Å². The first-order valence-electron chi connectivity index (χ1n) is 9.70.